The summed E-state index contributed by atoms with van der Waals surface area (Å²) in [5, 5.41) is 9.08. The van der Waals surface area contributed by atoms with Crippen molar-refractivity contribution in [2.45, 2.75) is 13.2 Å². The Morgan fingerprint density at radius 1 is 1.16 bits per heavy atom. The van der Waals surface area contributed by atoms with Crippen LogP contribution in [-0.2, 0) is 13.2 Å². The molecule has 0 atom stereocenters. The summed E-state index contributed by atoms with van der Waals surface area (Å²) < 4.78 is 10.9. The summed E-state index contributed by atoms with van der Waals surface area (Å²) in [4.78, 5) is 4.16. The van der Waals surface area contributed by atoms with E-state index < -0.39 is 0 Å². The van der Waals surface area contributed by atoms with Crippen molar-refractivity contribution in [1.82, 2.24) is 4.98 Å². The van der Waals surface area contributed by atoms with Gasteiger partial charge in [-0.3, -0.25) is 0 Å². The molecule has 1 aromatic heterocycles. The number of ether oxygens (including phenoxy) is 2. The lowest BCUT2D eigenvalue weighted by atomic mass is 10.2. The van der Waals surface area contributed by atoms with Crippen LogP contribution in [0.3, 0.4) is 0 Å². The standard InChI is InChI=1S/C14H16N2O3/c1-18-13-6-10(9-17)2-4-12(13)19-14-5-3-11(7-15)8-16-14/h2-6,8,17H,7,9,15H2,1H3. The van der Waals surface area contributed by atoms with E-state index >= 15 is 0 Å². The summed E-state index contributed by atoms with van der Waals surface area (Å²) >= 11 is 0. The highest BCUT2D eigenvalue weighted by Gasteiger charge is 2.07. The number of aromatic nitrogens is 1. The third kappa shape index (κ3) is 3.21. The first-order valence-corrected chi connectivity index (χ1v) is 5.87. The summed E-state index contributed by atoms with van der Waals surface area (Å²) in [5.41, 5.74) is 7.21. The van der Waals surface area contributed by atoms with Gasteiger partial charge in [0.15, 0.2) is 11.5 Å². The molecule has 0 saturated heterocycles. The van der Waals surface area contributed by atoms with Gasteiger partial charge in [-0.15, -0.1) is 0 Å². The molecule has 1 aromatic carbocycles. The molecule has 0 spiro atoms. The molecule has 0 aliphatic carbocycles. The lowest BCUT2D eigenvalue weighted by molar-refractivity contribution is 0.280. The highest BCUT2D eigenvalue weighted by atomic mass is 16.5. The maximum Gasteiger partial charge on any atom is 0.219 e. The number of methoxy groups -OCH3 is 1. The van der Waals surface area contributed by atoms with E-state index in [1.807, 2.05) is 6.07 Å². The molecule has 0 radical (unpaired) electrons. The number of aliphatic hydroxyl groups is 1. The van der Waals surface area contributed by atoms with Crippen LogP contribution in [0.2, 0.25) is 0 Å². The average molecular weight is 260 g/mol. The minimum Gasteiger partial charge on any atom is -0.493 e. The molecule has 5 nitrogen and oxygen atoms in total. The van der Waals surface area contributed by atoms with E-state index in [9.17, 15) is 0 Å². The second-order valence-corrected chi connectivity index (χ2v) is 3.95. The van der Waals surface area contributed by atoms with Crippen molar-refractivity contribution in [3.63, 3.8) is 0 Å². The monoisotopic (exact) mass is 260 g/mol. The van der Waals surface area contributed by atoms with Crippen LogP contribution in [0.4, 0.5) is 0 Å². The molecule has 1 heterocycles. The summed E-state index contributed by atoms with van der Waals surface area (Å²) in [6.45, 7) is 0.405. The first-order chi connectivity index (χ1) is 9.26. The molecule has 2 aromatic rings. The fourth-order valence-electron chi connectivity index (χ4n) is 1.60. The molecule has 0 aliphatic rings. The van der Waals surface area contributed by atoms with Crippen molar-refractivity contribution >= 4 is 0 Å². The maximum atomic E-state index is 9.08. The summed E-state index contributed by atoms with van der Waals surface area (Å²) in [7, 11) is 1.55. The van der Waals surface area contributed by atoms with Gasteiger partial charge in [-0.05, 0) is 23.3 Å². The van der Waals surface area contributed by atoms with Gasteiger partial charge >= 0.3 is 0 Å². The largest absolute Gasteiger partial charge is 0.493 e. The predicted octanol–water partition coefficient (Wildman–Crippen LogP) is 1.83. The number of pyridine rings is 1. The van der Waals surface area contributed by atoms with Crippen LogP contribution in [0.5, 0.6) is 17.4 Å². The van der Waals surface area contributed by atoms with Crippen LogP contribution in [0.25, 0.3) is 0 Å². The average Bonchev–Trinajstić information content (AvgIpc) is 2.48. The van der Waals surface area contributed by atoms with Crippen LogP contribution in [0.15, 0.2) is 36.5 Å². The maximum absolute atomic E-state index is 9.08. The quantitative estimate of drug-likeness (QED) is 0.857. The van der Waals surface area contributed by atoms with Crippen molar-refractivity contribution in [3.05, 3.63) is 47.7 Å². The normalized spacial score (nSPS) is 10.3. The Morgan fingerprint density at radius 3 is 2.53 bits per heavy atom. The molecule has 0 aliphatic heterocycles. The zero-order valence-electron chi connectivity index (χ0n) is 10.7. The number of nitrogens with two attached hydrogens (primary N) is 1. The molecule has 100 valence electrons. The molecule has 0 fully saturated rings. The minimum atomic E-state index is -0.0416. The third-order valence-corrected chi connectivity index (χ3v) is 2.66. The van der Waals surface area contributed by atoms with E-state index in [0.29, 0.717) is 23.9 Å². The number of rotatable bonds is 5. The smallest absolute Gasteiger partial charge is 0.219 e. The van der Waals surface area contributed by atoms with Gasteiger partial charge in [-0.2, -0.15) is 0 Å². The molecule has 2 rings (SSSR count). The highest BCUT2D eigenvalue weighted by Crippen LogP contribution is 2.31. The zero-order chi connectivity index (χ0) is 13.7. The van der Waals surface area contributed by atoms with E-state index in [1.165, 1.54) is 0 Å². The highest BCUT2D eigenvalue weighted by molar-refractivity contribution is 5.44. The topological polar surface area (TPSA) is 77.6 Å². The van der Waals surface area contributed by atoms with Crippen LogP contribution >= 0.6 is 0 Å². The Morgan fingerprint density at radius 2 is 1.95 bits per heavy atom. The fraction of sp³-hybridized carbons (Fsp3) is 0.214. The van der Waals surface area contributed by atoms with Crippen LogP contribution in [0, 0.1) is 0 Å². The number of hydrogen-bond donors (Lipinski definition) is 2. The molecule has 0 bridgehead atoms. The first kappa shape index (κ1) is 13.3. The van der Waals surface area contributed by atoms with Gasteiger partial charge in [0.05, 0.1) is 13.7 Å². The number of benzene rings is 1. The SMILES string of the molecule is COc1cc(CO)ccc1Oc1ccc(CN)cn1. The number of nitrogens with zero attached hydrogens (tertiary/aromatic N) is 1. The molecule has 19 heavy (non-hydrogen) atoms. The van der Waals surface area contributed by atoms with Crippen LogP contribution in [0.1, 0.15) is 11.1 Å². The molecule has 5 heteroatoms. The summed E-state index contributed by atoms with van der Waals surface area (Å²) in [6, 6.07) is 8.84. The van der Waals surface area contributed by atoms with Crippen molar-refractivity contribution in [1.29, 1.82) is 0 Å². The zero-order valence-corrected chi connectivity index (χ0v) is 10.7. The molecule has 0 unspecified atom stereocenters. The van der Waals surface area contributed by atoms with Gasteiger partial charge in [0, 0.05) is 18.8 Å². The Kier molecular flexibility index (Phi) is 4.33. The molecular formula is C14H16N2O3. The molecule has 0 amide bonds. The van der Waals surface area contributed by atoms with Crippen molar-refractivity contribution in [2.24, 2.45) is 5.73 Å². The van der Waals surface area contributed by atoms with E-state index in [0.717, 1.165) is 11.1 Å². The number of aliphatic hydroxyl groups excluding tert-OH is 1. The van der Waals surface area contributed by atoms with Gasteiger partial charge in [-0.1, -0.05) is 12.1 Å². The van der Waals surface area contributed by atoms with Gasteiger partial charge in [0.1, 0.15) is 0 Å². The van der Waals surface area contributed by atoms with E-state index in [-0.39, 0.29) is 6.61 Å². The van der Waals surface area contributed by atoms with E-state index in [2.05, 4.69) is 4.98 Å². The second kappa shape index (κ2) is 6.17. The fourth-order valence-corrected chi connectivity index (χ4v) is 1.60. The van der Waals surface area contributed by atoms with Crippen molar-refractivity contribution < 1.29 is 14.6 Å². The predicted molar refractivity (Wildman–Crippen MR) is 71.1 cm³/mol. The molecule has 3 N–H and O–H groups in total. The molecular weight excluding hydrogens is 244 g/mol. The third-order valence-electron chi connectivity index (χ3n) is 2.66. The summed E-state index contributed by atoms with van der Waals surface area (Å²) in [6.07, 6.45) is 1.67. The van der Waals surface area contributed by atoms with Crippen molar-refractivity contribution in [3.8, 4) is 17.4 Å². The van der Waals surface area contributed by atoms with Gasteiger partial charge in [0.25, 0.3) is 0 Å². The Hall–Kier alpha value is -2.11. The van der Waals surface area contributed by atoms with Crippen molar-refractivity contribution in [2.75, 3.05) is 7.11 Å². The lowest BCUT2D eigenvalue weighted by Crippen LogP contribution is -1.98. The van der Waals surface area contributed by atoms with E-state index in [4.69, 9.17) is 20.3 Å². The van der Waals surface area contributed by atoms with Crippen LogP contribution in [-0.4, -0.2) is 17.2 Å². The minimum absolute atomic E-state index is 0.0416. The Bertz CT molecular complexity index is 541. The van der Waals surface area contributed by atoms with Gasteiger partial charge in [0.2, 0.25) is 5.88 Å². The lowest BCUT2D eigenvalue weighted by Gasteiger charge is -2.10. The van der Waals surface area contributed by atoms with Gasteiger partial charge in [-0.25, -0.2) is 4.98 Å². The Balaban J connectivity index is 2.21. The van der Waals surface area contributed by atoms with Gasteiger partial charge < -0.3 is 20.3 Å². The summed E-state index contributed by atoms with van der Waals surface area (Å²) in [5.74, 6) is 1.57. The van der Waals surface area contributed by atoms with Crippen LogP contribution < -0.4 is 15.2 Å². The Labute approximate surface area is 111 Å². The van der Waals surface area contributed by atoms with E-state index in [1.54, 1.807) is 37.6 Å². The first-order valence-electron chi connectivity index (χ1n) is 5.87. The molecule has 0 saturated carbocycles. The second-order valence-electron chi connectivity index (χ2n) is 3.95. The number of hydrogen-bond acceptors (Lipinski definition) is 5.